The van der Waals surface area contributed by atoms with Gasteiger partial charge in [-0.25, -0.2) is 9.07 Å². The summed E-state index contributed by atoms with van der Waals surface area (Å²) >= 11 is 0. The van der Waals surface area contributed by atoms with Crippen molar-refractivity contribution >= 4 is 5.91 Å². The first-order valence-electron chi connectivity index (χ1n) is 9.82. The maximum absolute atomic E-state index is 14.4. The molecule has 0 saturated carbocycles. The molecule has 3 heterocycles. The zero-order valence-electron chi connectivity index (χ0n) is 17.1. The van der Waals surface area contributed by atoms with E-state index in [1.54, 1.807) is 40.0 Å². The summed E-state index contributed by atoms with van der Waals surface area (Å²) in [6, 6.07) is 8.31. The molecule has 0 unspecified atom stereocenters. The molecule has 2 aromatic heterocycles. The van der Waals surface area contributed by atoms with Crippen molar-refractivity contribution < 1.29 is 13.7 Å². The Morgan fingerprint density at radius 2 is 2.03 bits per heavy atom. The molecule has 0 bridgehead atoms. The molecule has 1 aromatic carbocycles. The molecule has 7 heteroatoms. The Morgan fingerprint density at radius 1 is 1.28 bits per heavy atom. The van der Waals surface area contributed by atoms with E-state index in [-0.39, 0.29) is 28.8 Å². The van der Waals surface area contributed by atoms with Crippen LogP contribution in [0.15, 0.2) is 41.1 Å². The monoisotopic (exact) mass is 396 g/mol. The van der Waals surface area contributed by atoms with Crippen molar-refractivity contribution in [3.05, 3.63) is 65.1 Å². The first kappa shape index (κ1) is 19.4. The number of aromatic nitrogens is 3. The Morgan fingerprint density at radius 3 is 2.72 bits per heavy atom. The molecule has 3 aromatic rings. The van der Waals surface area contributed by atoms with E-state index in [1.807, 2.05) is 13.8 Å². The molecule has 0 aliphatic carbocycles. The first-order valence-corrected chi connectivity index (χ1v) is 9.82. The highest BCUT2D eigenvalue weighted by Crippen LogP contribution is 2.32. The van der Waals surface area contributed by atoms with Gasteiger partial charge in [0.05, 0.1) is 11.9 Å². The van der Waals surface area contributed by atoms with Gasteiger partial charge in [-0.2, -0.15) is 5.10 Å². The molecule has 0 radical (unpaired) electrons. The quantitative estimate of drug-likeness (QED) is 0.660. The second-order valence-corrected chi connectivity index (χ2v) is 8.75. The van der Waals surface area contributed by atoms with Gasteiger partial charge in [0.15, 0.2) is 0 Å². The van der Waals surface area contributed by atoms with Crippen molar-refractivity contribution in [1.82, 2.24) is 19.8 Å². The molecule has 29 heavy (non-hydrogen) atoms. The summed E-state index contributed by atoms with van der Waals surface area (Å²) in [5, 5.41) is 8.44. The van der Waals surface area contributed by atoms with Crippen LogP contribution < -0.4 is 0 Å². The van der Waals surface area contributed by atoms with E-state index in [0.717, 1.165) is 17.0 Å². The summed E-state index contributed by atoms with van der Waals surface area (Å²) < 4.78 is 21.3. The third kappa shape index (κ3) is 3.69. The number of rotatable bonds is 3. The number of amides is 1. The van der Waals surface area contributed by atoms with Crippen LogP contribution in [-0.2, 0) is 13.0 Å². The molecule has 1 aliphatic heterocycles. The molecule has 6 nitrogen and oxygen atoms in total. The fourth-order valence-electron chi connectivity index (χ4n) is 3.81. The lowest BCUT2D eigenvalue weighted by molar-refractivity contribution is 0.0638. The molecule has 0 saturated heterocycles. The Bertz CT molecular complexity index is 1050. The van der Waals surface area contributed by atoms with Gasteiger partial charge in [-0.05, 0) is 29.9 Å². The third-order valence-corrected chi connectivity index (χ3v) is 5.28. The second kappa shape index (κ2) is 7.13. The summed E-state index contributed by atoms with van der Waals surface area (Å²) in [5.74, 6) is -0.0823. The first-order chi connectivity index (χ1) is 13.7. The van der Waals surface area contributed by atoms with Crippen molar-refractivity contribution in [2.45, 2.75) is 46.6 Å². The summed E-state index contributed by atoms with van der Waals surface area (Å²) in [7, 11) is 0. The van der Waals surface area contributed by atoms with E-state index >= 15 is 0 Å². The van der Waals surface area contributed by atoms with E-state index < -0.39 is 0 Å². The van der Waals surface area contributed by atoms with Crippen LogP contribution >= 0.6 is 0 Å². The Labute approximate surface area is 169 Å². The van der Waals surface area contributed by atoms with Gasteiger partial charge in [0.1, 0.15) is 11.5 Å². The number of hydrogen-bond acceptors (Lipinski definition) is 4. The Hall–Kier alpha value is -2.96. The zero-order chi connectivity index (χ0) is 20.8. The van der Waals surface area contributed by atoms with E-state index in [4.69, 9.17) is 4.52 Å². The van der Waals surface area contributed by atoms with Crippen LogP contribution in [0.2, 0.25) is 0 Å². The predicted octanol–water partition coefficient (Wildman–Crippen LogP) is 4.35. The van der Waals surface area contributed by atoms with Crippen molar-refractivity contribution in [1.29, 1.82) is 0 Å². The normalized spacial score (nSPS) is 16.0. The lowest BCUT2D eigenvalue weighted by Crippen LogP contribution is -2.37. The molecular weight excluding hydrogens is 371 g/mol. The van der Waals surface area contributed by atoms with Crippen molar-refractivity contribution in [2.75, 3.05) is 6.54 Å². The minimum absolute atomic E-state index is 0.187. The molecule has 152 valence electrons. The van der Waals surface area contributed by atoms with E-state index in [0.29, 0.717) is 25.2 Å². The van der Waals surface area contributed by atoms with Crippen molar-refractivity contribution in [2.24, 2.45) is 5.41 Å². The predicted molar refractivity (Wildman–Crippen MR) is 106 cm³/mol. The van der Waals surface area contributed by atoms with Crippen molar-refractivity contribution in [3.63, 3.8) is 0 Å². The SMILES string of the molecule is CC(C)c1cc(C(=O)N2Cc3cnn(-c4ccccc4F)c3CC(C)(C)C2)on1. The minimum Gasteiger partial charge on any atom is -0.351 e. The zero-order valence-corrected chi connectivity index (χ0v) is 17.1. The van der Waals surface area contributed by atoms with Gasteiger partial charge in [0.25, 0.3) is 5.91 Å². The maximum atomic E-state index is 14.4. The topological polar surface area (TPSA) is 64.2 Å². The number of benzene rings is 1. The average molecular weight is 396 g/mol. The van der Waals surface area contributed by atoms with Crippen LogP contribution in [0.25, 0.3) is 5.69 Å². The fourth-order valence-corrected chi connectivity index (χ4v) is 3.81. The van der Waals surface area contributed by atoms with Gasteiger partial charge >= 0.3 is 0 Å². The average Bonchev–Trinajstić information content (AvgIpc) is 3.26. The minimum atomic E-state index is -0.323. The molecule has 1 aliphatic rings. The number of carbonyl (C=O) groups excluding carboxylic acids is 1. The molecule has 0 spiro atoms. The highest BCUT2D eigenvalue weighted by atomic mass is 19.1. The molecule has 0 atom stereocenters. The molecular formula is C22H25FN4O2. The Kier molecular flexibility index (Phi) is 4.76. The van der Waals surface area contributed by atoms with Crippen LogP contribution in [0, 0.1) is 11.2 Å². The van der Waals surface area contributed by atoms with Gasteiger partial charge in [-0.1, -0.05) is 45.0 Å². The standard InChI is InChI=1S/C22H25FN4O2/c1-14(2)17-9-20(29-25-17)21(28)26-12-15-11-24-27(18-8-6-5-7-16(18)23)19(15)10-22(3,4)13-26/h5-9,11,14H,10,12-13H2,1-4H3. The fraction of sp³-hybridized carbons (Fsp3) is 0.409. The summed E-state index contributed by atoms with van der Waals surface area (Å²) in [4.78, 5) is 14.9. The highest BCUT2D eigenvalue weighted by Gasteiger charge is 2.34. The lowest BCUT2D eigenvalue weighted by atomic mass is 9.87. The van der Waals surface area contributed by atoms with E-state index in [2.05, 4.69) is 24.1 Å². The van der Waals surface area contributed by atoms with Gasteiger partial charge in [-0.15, -0.1) is 0 Å². The second-order valence-electron chi connectivity index (χ2n) is 8.75. The summed E-state index contributed by atoms with van der Waals surface area (Å²) in [5.41, 5.74) is 2.80. The van der Waals surface area contributed by atoms with Crippen LogP contribution in [0.3, 0.4) is 0 Å². The van der Waals surface area contributed by atoms with Crippen molar-refractivity contribution in [3.8, 4) is 5.69 Å². The van der Waals surface area contributed by atoms with E-state index in [1.165, 1.54) is 6.07 Å². The molecule has 0 fully saturated rings. The van der Waals surface area contributed by atoms with Crippen LogP contribution in [0.4, 0.5) is 4.39 Å². The van der Waals surface area contributed by atoms with Crippen LogP contribution in [0.1, 0.15) is 61.1 Å². The largest absolute Gasteiger partial charge is 0.351 e. The summed E-state index contributed by atoms with van der Waals surface area (Å²) in [6.07, 6.45) is 2.40. The number of carbonyl (C=O) groups is 1. The van der Waals surface area contributed by atoms with E-state index in [9.17, 15) is 9.18 Å². The maximum Gasteiger partial charge on any atom is 0.292 e. The highest BCUT2D eigenvalue weighted by molar-refractivity contribution is 5.91. The van der Waals surface area contributed by atoms with Crippen LogP contribution in [0.5, 0.6) is 0 Å². The number of para-hydroxylation sites is 1. The number of nitrogens with zero attached hydrogens (tertiary/aromatic N) is 4. The summed E-state index contributed by atoms with van der Waals surface area (Å²) in [6.45, 7) is 9.15. The Balaban J connectivity index is 1.69. The number of hydrogen-bond donors (Lipinski definition) is 0. The molecule has 0 N–H and O–H groups in total. The smallest absolute Gasteiger partial charge is 0.292 e. The van der Waals surface area contributed by atoms with Gasteiger partial charge in [0.2, 0.25) is 5.76 Å². The van der Waals surface area contributed by atoms with Gasteiger partial charge in [-0.3, -0.25) is 4.79 Å². The number of halogens is 1. The van der Waals surface area contributed by atoms with Crippen LogP contribution in [-0.4, -0.2) is 32.3 Å². The molecule has 1 amide bonds. The molecule has 4 rings (SSSR count). The van der Waals surface area contributed by atoms with Gasteiger partial charge < -0.3 is 9.42 Å². The number of fused-ring (bicyclic) bond motifs is 1. The lowest BCUT2D eigenvalue weighted by Gasteiger charge is -2.29. The van der Waals surface area contributed by atoms with Gasteiger partial charge in [0, 0.05) is 30.4 Å². The third-order valence-electron chi connectivity index (χ3n) is 5.28.